The van der Waals surface area contributed by atoms with Crippen LogP contribution in [0.15, 0.2) is 20.9 Å². The summed E-state index contributed by atoms with van der Waals surface area (Å²) in [6.07, 6.45) is -0.174. The molecule has 0 radical (unpaired) electrons. The molecule has 2 N–H and O–H groups in total. The third kappa shape index (κ3) is 3.66. The number of aromatic nitrogens is 2. The zero-order valence-corrected chi connectivity index (χ0v) is 12.9. The van der Waals surface area contributed by atoms with Crippen molar-refractivity contribution < 1.29 is 14.2 Å². The highest BCUT2D eigenvalue weighted by atomic mass is 31.2. The average molecular weight is 329 g/mol. The minimum absolute atomic E-state index is 0.176. The maximum Gasteiger partial charge on any atom is 0.330 e. The Bertz CT molecular complexity index is 774. The lowest BCUT2D eigenvalue weighted by Crippen LogP contribution is -2.33. The quantitative estimate of drug-likeness (QED) is 0.361. The molecule has 4 atom stereocenters. The van der Waals surface area contributed by atoms with Crippen LogP contribution in [0.1, 0.15) is 18.2 Å². The standard InChI is InChI=1S/C11H16N5O5P/c1-6-4-16(11(18)13-10(6)17)9-3-7(14-15-12)8(21-9)5-22(2,19)20/h4,7-9H,3,5H2,1-2H3,(H,19,20)(H,13,17,18)/t7?,8-,9-/m1/s1. The molecule has 11 heteroatoms. The van der Waals surface area contributed by atoms with Crippen LogP contribution in [-0.2, 0) is 9.30 Å². The molecule has 0 spiro atoms. The number of aromatic amines is 1. The minimum atomic E-state index is -3.38. The van der Waals surface area contributed by atoms with Crippen molar-refractivity contribution in [3.05, 3.63) is 43.0 Å². The predicted octanol–water partition coefficient (Wildman–Crippen LogP) is 0.712. The number of ether oxygens (including phenoxy) is 1. The molecule has 0 amide bonds. The highest BCUT2D eigenvalue weighted by Crippen LogP contribution is 2.42. The Labute approximate surface area is 124 Å². The fraction of sp³-hybridized carbons (Fsp3) is 0.636. The summed E-state index contributed by atoms with van der Waals surface area (Å²) in [4.78, 5) is 37.6. The molecule has 22 heavy (non-hydrogen) atoms. The number of hydrogen-bond acceptors (Lipinski definition) is 5. The lowest BCUT2D eigenvalue weighted by atomic mass is 10.1. The van der Waals surface area contributed by atoms with Crippen molar-refractivity contribution in [1.82, 2.24) is 9.55 Å². The van der Waals surface area contributed by atoms with E-state index in [1.54, 1.807) is 6.92 Å². The molecule has 1 aromatic rings. The molecule has 1 aliphatic rings. The van der Waals surface area contributed by atoms with E-state index in [0.29, 0.717) is 5.56 Å². The predicted molar refractivity (Wildman–Crippen MR) is 78.1 cm³/mol. The molecule has 1 aliphatic heterocycles. The average Bonchev–Trinajstić information content (AvgIpc) is 2.75. The largest absolute Gasteiger partial charge is 0.354 e. The Morgan fingerprint density at radius 2 is 2.32 bits per heavy atom. The van der Waals surface area contributed by atoms with Gasteiger partial charge in [0.2, 0.25) is 0 Å². The Morgan fingerprint density at radius 3 is 2.91 bits per heavy atom. The van der Waals surface area contributed by atoms with Gasteiger partial charge in [0.25, 0.3) is 5.56 Å². The highest BCUT2D eigenvalue weighted by Gasteiger charge is 2.38. The van der Waals surface area contributed by atoms with E-state index in [0.717, 1.165) is 0 Å². The topological polar surface area (TPSA) is 150 Å². The Balaban J connectivity index is 2.33. The summed E-state index contributed by atoms with van der Waals surface area (Å²) >= 11 is 0. The van der Waals surface area contributed by atoms with Crippen LogP contribution in [0.4, 0.5) is 0 Å². The van der Waals surface area contributed by atoms with Gasteiger partial charge in [-0.25, -0.2) is 4.79 Å². The molecule has 1 fully saturated rings. The van der Waals surface area contributed by atoms with E-state index in [2.05, 4.69) is 15.0 Å². The van der Waals surface area contributed by atoms with E-state index >= 15 is 0 Å². The van der Waals surface area contributed by atoms with Crippen molar-refractivity contribution in [2.45, 2.75) is 31.7 Å². The van der Waals surface area contributed by atoms with Gasteiger partial charge in [-0.05, 0) is 12.5 Å². The molecule has 2 heterocycles. The van der Waals surface area contributed by atoms with Crippen molar-refractivity contribution >= 4 is 7.37 Å². The zero-order chi connectivity index (χ0) is 16.5. The SMILES string of the molecule is Cc1cn([C@H]2CC(N=[N+]=[N-])[C@@H](CP(C)(=O)O)O2)c(=O)[nH]c1=O. The van der Waals surface area contributed by atoms with Gasteiger partial charge in [-0.1, -0.05) is 5.11 Å². The van der Waals surface area contributed by atoms with Gasteiger partial charge in [0.05, 0.1) is 18.3 Å². The molecule has 1 aromatic heterocycles. The first-order valence-corrected chi connectivity index (χ1v) is 8.81. The van der Waals surface area contributed by atoms with Crippen LogP contribution in [0.25, 0.3) is 10.4 Å². The van der Waals surface area contributed by atoms with E-state index in [1.165, 1.54) is 17.4 Å². The molecule has 0 aliphatic carbocycles. The molecular weight excluding hydrogens is 313 g/mol. The molecule has 10 nitrogen and oxygen atoms in total. The first kappa shape index (κ1) is 16.5. The molecule has 2 unspecified atom stereocenters. The fourth-order valence-electron chi connectivity index (χ4n) is 2.37. The summed E-state index contributed by atoms with van der Waals surface area (Å²) in [7, 11) is -3.38. The number of aryl methyl sites for hydroxylation is 1. The summed E-state index contributed by atoms with van der Waals surface area (Å²) < 4.78 is 18.4. The number of H-pyrrole nitrogens is 1. The number of rotatable bonds is 4. The van der Waals surface area contributed by atoms with Crippen LogP contribution in [0.5, 0.6) is 0 Å². The third-order valence-corrected chi connectivity index (χ3v) is 4.42. The van der Waals surface area contributed by atoms with Gasteiger partial charge in [0, 0.05) is 29.8 Å². The maximum atomic E-state index is 11.9. The van der Waals surface area contributed by atoms with E-state index in [1.807, 2.05) is 0 Å². The van der Waals surface area contributed by atoms with Gasteiger partial charge >= 0.3 is 5.69 Å². The lowest BCUT2D eigenvalue weighted by molar-refractivity contribution is 0.00672. The Hall–Kier alpha value is -1.86. The second kappa shape index (κ2) is 6.10. The number of nitrogens with one attached hydrogen (secondary N) is 1. The van der Waals surface area contributed by atoms with Crippen molar-refractivity contribution in [3.63, 3.8) is 0 Å². The van der Waals surface area contributed by atoms with Crippen LogP contribution in [0, 0.1) is 6.92 Å². The van der Waals surface area contributed by atoms with Crippen molar-refractivity contribution in [3.8, 4) is 0 Å². The van der Waals surface area contributed by atoms with Crippen molar-refractivity contribution in [2.75, 3.05) is 12.8 Å². The lowest BCUT2D eigenvalue weighted by Gasteiger charge is -2.17. The molecular formula is C11H16N5O5P. The highest BCUT2D eigenvalue weighted by molar-refractivity contribution is 7.57. The molecule has 2 rings (SSSR count). The van der Waals surface area contributed by atoms with E-state index < -0.39 is 37.0 Å². The van der Waals surface area contributed by atoms with Crippen LogP contribution in [0.3, 0.4) is 0 Å². The first-order chi connectivity index (χ1) is 10.2. The van der Waals surface area contributed by atoms with Gasteiger partial charge in [-0.3, -0.25) is 18.9 Å². The van der Waals surface area contributed by atoms with Crippen molar-refractivity contribution in [2.24, 2.45) is 5.11 Å². The van der Waals surface area contributed by atoms with E-state index in [-0.39, 0.29) is 12.6 Å². The molecule has 120 valence electrons. The molecule has 0 aromatic carbocycles. The summed E-state index contributed by atoms with van der Waals surface area (Å²) in [5.74, 6) is 0. The summed E-state index contributed by atoms with van der Waals surface area (Å²) in [6, 6.07) is -0.658. The minimum Gasteiger partial charge on any atom is -0.354 e. The number of hydrogen-bond donors (Lipinski definition) is 2. The summed E-state index contributed by atoms with van der Waals surface area (Å²) in [6.45, 7) is 2.73. The second-order valence-electron chi connectivity index (χ2n) is 5.35. The Morgan fingerprint density at radius 1 is 1.64 bits per heavy atom. The van der Waals surface area contributed by atoms with Gasteiger partial charge in [0.15, 0.2) is 7.37 Å². The summed E-state index contributed by atoms with van der Waals surface area (Å²) in [5, 5.41) is 3.57. The number of nitrogens with zero attached hydrogens (tertiary/aromatic N) is 4. The summed E-state index contributed by atoms with van der Waals surface area (Å²) in [5.41, 5.74) is 7.78. The zero-order valence-electron chi connectivity index (χ0n) is 12.0. The van der Waals surface area contributed by atoms with Gasteiger partial charge in [-0.2, -0.15) is 0 Å². The van der Waals surface area contributed by atoms with Crippen molar-refractivity contribution in [1.29, 1.82) is 0 Å². The van der Waals surface area contributed by atoms with Gasteiger partial charge in [-0.15, -0.1) is 0 Å². The smallest absolute Gasteiger partial charge is 0.330 e. The van der Waals surface area contributed by atoms with Gasteiger partial charge in [0.1, 0.15) is 6.23 Å². The van der Waals surface area contributed by atoms with E-state index in [4.69, 9.17) is 10.3 Å². The normalized spacial score (nSPS) is 27.1. The monoisotopic (exact) mass is 329 g/mol. The van der Waals surface area contributed by atoms with Crippen LogP contribution >= 0.6 is 7.37 Å². The van der Waals surface area contributed by atoms with Crippen LogP contribution in [-0.4, -0.2) is 39.4 Å². The second-order valence-corrected chi connectivity index (χ2v) is 7.82. The third-order valence-electron chi connectivity index (χ3n) is 3.38. The van der Waals surface area contributed by atoms with Crippen LogP contribution in [0.2, 0.25) is 0 Å². The first-order valence-electron chi connectivity index (χ1n) is 6.52. The molecule has 0 saturated carbocycles. The van der Waals surface area contributed by atoms with Gasteiger partial charge < -0.3 is 9.63 Å². The Kier molecular flexibility index (Phi) is 4.58. The van der Waals surface area contributed by atoms with E-state index in [9.17, 15) is 19.0 Å². The maximum absolute atomic E-state index is 11.9. The fourth-order valence-corrected chi connectivity index (χ4v) is 3.37. The van der Waals surface area contributed by atoms with Crippen LogP contribution < -0.4 is 11.2 Å². The molecule has 0 bridgehead atoms. The molecule has 1 saturated heterocycles. The number of azide groups is 1.